The maximum absolute atomic E-state index is 12.6. The summed E-state index contributed by atoms with van der Waals surface area (Å²) < 4.78 is 26.5. The fraction of sp³-hybridized carbons (Fsp3) is 0.214. The van der Waals surface area contributed by atoms with Gasteiger partial charge in [0, 0.05) is 30.5 Å². The molecule has 0 fully saturated rings. The number of halogens is 1. The van der Waals surface area contributed by atoms with Crippen molar-refractivity contribution in [2.24, 2.45) is 0 Å². The third kappa shape index (κ3) is 3.02. The Kier molecular flexibility index (Phi) is 4.51. The van der Waals surface area contributed by atoms with Gasteiger partial charge in [0.05, 0.1) is 5.69 Å². The summed E-state index contributed by atoms with van der Waals surface area (Å²) in [5.74, 6) is 0. The molecule has 1 aromatic carbocycles. The first-order valence-corrected chi connectivity index (χ1v) is 8.09. The van der Waals surface area contributed by atoms with Crippen LogP contribution in [0.2, 0.25) is 5.02 Å². The monoisotopic (exact) mass is 325 g/mol. The van der Waals surface area contributed by atoms with E-state index < -0.39 is 16.1 Å². The Balaban J connectivity index is 2.42. The molecule has 0 spiro atoms. The van der Waals surface area contributed by atoms with E-state index in [1.165, 1.54) is 29.8 Å². The first-order valence-electron chi connectivity index (χ1n) is 6.27. The topological polar surface area (TPSA) is 76.3 Å². The second-order valence-electron chi connectivity index (χ2n) is 4.63. The Morgan fingerprint density at radius 3 is 2.57 bits per heavy atom. The van der Waals surface area contributed by atoms with E-state index in [-0.39, 0.29) is 10.6 Å². The molecule has 1 atom stereocenters. The van der Waals surface area contributed by atoms with Crippen LogP contribution < -0.4 is 5.73 Å². The van der Waals surface area contributed by atoms with Gasteiger partial charge in [0.15, 0.2) is 0 Å². The van der Waals surface area contributed by atoms with E-state index in [1.807, 2.05) is 6.07 Å². The summed E-state index contributed by atoms with van der Waals surface area (Å²) in [7, 11) is -2.25. The number of nitrogen functional groups attached to an aromatic ring is 1. The normalized spacial score (nSPS) is 13.3. The first kappa shape index (κ1) is 15.8. The van der Waals surface area contributed by atoms with Crippen molar-refractivity contribution in [3.05, 3.63) is 53.3 Å². The Morgan fingerprint density at radius 1 is 1.29 bits per heavy atom. The van der Waals surface area contributed by atoms with Gasteiger partial charge in [-0.15, -0.1) is 0 Å². The molecule has 21 heavy (non-hydrogen) atoms. The summed E-state index contributed by atoms with van der Waals surface area (Å²) >= 11 is 6.13. The van der Waals surface area contributed by atoms with Gasteiger partial charge in [-0.2, -0.15) is 4.31 Å². The van der Waals surface area contributed by atoms with Gasteiger partial charge in [-0.05, 0) is 24.6 Å². The summed E-state index contributed by atoms with van der Waals surface area (Å²) in [6.45, 7) is 1.77. The molecule has 0 saturated heterocycles. The second kappa shape index (κ2) is 6.01. The average molecular weight is 326 g/mol. The molecule has 1 unspecified atom stereocenters. The Morgan fingerprint density at radius 2 is 1.95 bits per heavy atom. The van der Waals surface area contributed by atoms with Crippen molar-refractivity contribution < 1.29 is 8.42 Å². The molecule has 2 aromatic rings. The highest BCUT2D eigenvalue weighted by molar-refractivity contribution is 7.89. The van der Waals surface area contributed by atoms with Gasteiger partial charge >= 0.3 is 0 Å². The van der Waals surface area contributed by atoms with Crippen LogP contribution in [0, 0.1) is 0 Å². The van der Waals surface area contributed by atoms with Crippen LogP contribution in [0.1, 0.15) is 18.5 Å². The van der Waals surface area contributed by atoms with Gasteiger partial charge in [0.25, 0.3) is 0 Å². The van der Waals surface area contributed by atoms with E-state index in [9.17, 15) is 8.42 Å². The van der Waals surface area contributed by atoms with Gasteiger partial charge in [-0.3, -0.25) is 4.98 Å². The van der Waals surface area contributed by atoms with Gasteiger partial charge in [0.1, 0.15) is 4.90 Å². The number of sulfonamides is 1. The molecule has 0 bridgehead atoms. The lowest BCUT2D eigenvalue weighted by Gasteiger charge is -2.25. The lowest BCUT2D eigenvalue weighted by molar-refractivity contribution is 0.398. The highest BCUT2D eigenvalue weighted by Gasteiger charge is 2.29. The minimum atomic E-state index is -3.75. The molecule has 0 amide bonds. The number of hydrogen-bond acceptors (Lipinski definition) is 4. The molecule has 112 valence electrons. The van der Waals surface area contributed by atoms with Gasteiger partial charge in [-0.25, -0.2) is 8.42 Å². The molecule has 0 aliphatic carbocycles. The fourth-order valence-corrected chi connectivity index (χ4v) is 3.67. The van der Waals surface area contributed by atoms with Crippen LogP contribution in [0.4, 0.5) is 5.69 Å². The maximum atomic E-state index is 12.6. The predicted octanol–water partition coefficient (Wildman–Crippen LogP) is 2.70. The summed E-state index contributed by atoms with van der Waals surface area (Å²) in [6, 6.07) is 8.17. The highest BCUT2D eigenvalue weighted by atomic mass is 35.5. The Labute approximate surface area is 129 Å². The van der Waals surface area contributed by atoms with Crippen LogP contribution in [0.5, 0.6) is 0 Å². The van der Waals surface area contributed by atoms with E-state index in [0.717, 1.165) is 5.56 Å². The minimum Gasteiger partial charge on any atom is -0.398 e. The third-order valence-electron chi connectivity index (χ3n) is 3.37. The average Bonchev–Trinajstić information content (AvgIpc) is 2.46. The number of nitrogens with zero attached hydrogens (tertiary/aromatic N) is 2. The minimum absolute atomic E-state index is 0.00796. The van der Waals surface area contributed by atoms with Crippen molar-refractivity contribution >= 4 is 27.3 Å². The molecule has 0 aliphatic heterocycles. The van der Waals surface area contributed by atoms with E-state index in [2.05, 4.69) is 4.98 Å². The molecule has 0 aliphatic rings. The summed E-state index contributed by atoms with van der Waals surface area (Å²) in [5, 5.41) is 0.520. The first-order chi connectivity index (χ1) is 9.85. The number of hydrogen-bond donors (Lipinski definition) is 1. The molecule has 1 aromatic heterocycles. The van der Waals surface area contributed by atoms with E-state index >= 15 is 0 Å². The zero-order valence-electron chi connectivity index (χ0n) is 11.7. The number of nitrogens with two attached hydrogens (primary N) is 1. The van der Waals surface area contributed by atoms with Crippen molar-refractivity contribution in [1.82, 2.24) is 9.29 Å². The second-order valence-corrected chi connectivity index (χ2v) is 7.01. The molecular formula is C14H16ClN3O2S. The Hall–Kier alpha value is -1.63. The number of pyridine rings is 1. The smallest absolute Gasteiger partial charge is 0.246 e. The predicted molar refractivity (Wildman–Crippen MR) is 83.5 cm³/mol. The number of anilines is 1. The van der Waals surface area contributed by atoms with Gasteiger partial charge in [-0.1, -0.05) is 29.8 Å². The van der Waals surface area contributed by atoms with Crippen LogP contribution in [0.25, 0.3) is 0 Å². The molecule has 0 saturated carbocycles. The van der Waals surface area contributed by atoms with Crippen molar-refractivity contribution in [2.75, 3.05) is 12.8 Å². The van der Waals surface area contributed by atoms with E-state index in [1.54, 1.807) is 25.1 Å². The molecular weight excluding hydrogens is 310 g/mol. The number of benzene rings is 1. The lowest BCUT2D eigenvalue weighted by atomic mass is 10.1. The molecule has 2 rings (SSSR count). The quantitative estimate of drug-likeness (QED) is 0.937. The molecule has 7 heteroatoms. The molecule has 2 N–H and O–H groups in total. The SMILES string of the molecule is CC(c1ccccc1Cl)N(C)S(=O)(=O)c1cnccc1N. The maximum Gasteiger partial charge on any atom is 0.246 e. The highest BCUT2D eigenvalue weighted by Crippen LogP contribution is 2.31. The van der Waals surface area contributed by atoms with Crippen LogP contribution in [0.15, 0.2) is 47.6 Å². The summed E-state index contributed by atoms with van der Waals surface area (Å²) in [4.78, 5) is 3.82. The van der Waals surface area contributed by atoms with E-state index in [4.69, 9.17) is 17.3 Å². The lowest BCUT2D eigenvalue weighted by Crippen LogP contribution is -2.30. The van der Waals surface area contributed by atoms with Crippen LogP contribution in [0.3, 0.4) is 0 Å². The van der Waals surface area contributed by atoms with Crippen molar-refractivity contribution in [3.8, 4) is 0 Å². The third-order valence-corrected chi connectivity index (χ3v) is 5.69. The van der Waals surface area contributed by atoms with Gasteiger partial charge in [0.2, 0.25) is 10.0 Å². The largest absolute Gasteiger partial charge is 0.398 e. The molecule has 0 radical (unpaired) electrons. The van der Waals surface area contributed by atoms with Gasteiger partial charge < -0.3 is 5.73 Å². The fourth-order valence-electron chi connectivity index (χ4n) is 1.98. The summed E-state index contributed by atoms with van der Waals surface area (Å²) in [5.41, 5.74) is 6.64. The van der Waals surface area contributed by atoms with Crippen molar-refractivity contribution in [2.45, 2.75) is 17.9 Å². The number of rotatable bonds is 4. The van der Waals surface area contributed by atoms with Crippen LogP contribution in [-0.2, 0) is 10.0 Å². The standard InChI is InChI=1S/C14H16ClN3O2S/c1-10(11-5-3-4-6-12(11)15)18(2)21(19,20)14-9-17-8-7-13(14)16/h3-10H,1-2H3,(H2,16,17). The summed E-state index contributed by atoms with van der Waals surface area (Å²) in [6.07, 6.45) is 2.70. The number of aromatic nitrogens is 1. The van der Waals surface area contributed by atoms with Crippen LogP contribution >= 0.6 is 11.6 Å². The van der Waals surface area contributed by atoms with Crippen molar-refractivity contribution in [3.63, 3.8) is 0 Å². The van der Waals surface area contributed by atoms with Crippen molar-refractivity contribution in [1.29, 1.82) is 0 Å². The van der Waals surface area contributed by atoms with Crippen LogP contribution in [-0.4, -0.2) is 24.8 Å². The zero-order chi connectivity index (χ0) is 15.6. The molecule has 5 nitrogen and oxygen atoms in total. The zero-order valence-corrected chi connectivity index (χ0v) is 13.3. The molecule has 1 heterocycles. The van der Waals surface area contributed by atoms with E-state index in [0.29, 0.717) is 5.02 Å². The Bertz CT molecular complexity index is 749.